The SMILES string of the molecule is C/C=C(\C=C/CC)N(C1=CCCC=C1)c1ccc2ccc3c(N(C4=C(C)CCCC=C4)c4ccc(C)cc4)ccc(ccc1C)c3c2C.C=C. The Morgan fingerprint density at radius 3 is 2.18 bits per heavy atom. The molecule has 2 bridgehead atoms. The molecule has 0 aliphatic heterocycles. The molecule has 6 rings (SSSR count). The summed E-state index contributed by atoms with van der Waals surface area (Å²) in [5, 5.41) is 5.07. The molecule has 2 aliphatic rings. The van der Waals surface area contributed by atoms with E-state index in [2.05, 4.69) is 186 Å². The quantitative estimate of drug-likeness (QED) is 0.137. The van der Waals surface area contributed by atoms with Crippen LogP contribution in [0.5, 0.6) is 0 Å². The van der Waals surface area contributed by atoms with E-state index in [4.69, 9.17) is 0 Å². The van der Waals surface area contributed by atoms with Gasteiger partial charge >= 0.3 is 0 Å². The monoisotopic (exact) mass is 658 g/mol. The molecule has 2 nitrogen and oxygen atoms in total. The van der Waals surface area contributed by atoms with Crippen molar-refractivity contribution in [2.75, 3.05) is 9.80 Å². The first kappa shape index (κ1) is 36.2. The van der Waals surface area contributed by atoms with Crippen molar-refractivity contribution in [2.24, 2.45) is 0 Å². The highest BCUT2D eigenvalue weighted by Crippen LogP contribution is 2.41. The number of fused-ring (bicyclic) bond motifs is 1. The zero-order valence-corrected chi connectivity index (χ0v) is 31.1. The fourth-order valence-electron chi connectivity index (χ4n) is 7.07. The lowest BCUT2D eigenvalue weighted by atomic mass is 9.95. The number of aryl methyl sites for hydroxylation is 3. The number of anilines is 3. The van der Waals surface area contributed by atoms with E-state index in [0.29, 0.717) is 0 Å². The van der Waals surface area contributed by atoms with Gasteiger partial charge in [-0.25, -0.2) is 0 Å². The van der Waals surface area contributed by atoms with Crippen molar-refractivity contribution in [3.05, 3.63) is 174 Å². The molecule has 0 unspecified atom stereocenters. The summed E-state index contributed by atoms with van der Waals surface area (Å²) >= 11 is 0. The Morgan fingerprint density at radius 1 is 0.760 bits per heavy atom. The predicted octanol–water partition coefficient (Wildman–Crippen LogP) is 14.3. The molecule has 0 atom stereocenters. The van der Waals surface area contributed by atoms with Gasteiger partial charge in [-0.1, -0.05) is 91.4 Å². The number of rotatable bonds is 8. The molecule has 0 radical (unpaired) electrons. The molecule has 2 aliphatic carbocycles. The van der Waals surface area contributed by atoms with E-state index >= 15 is 0 Å². The minimum atomic E-state index is 1.00. The molecule has 0 saturated carbocycles. The van der Waals surface area contributed by atoms with Crippen LogP contribution in [0.2, 0.25) is 0 Å². The lowest BCUT2D eigenvalue weighted by molar-refractivity contribution is 0.836. The molecule has 4 aromatic carbocycles. The predicted molar refractivity (Wildman–Crippen MR) is 222 cm³/mol. The van der Waals surface area contributed by atoms with Gasteiger partial charge in [-0.15, -0.1) is 13.2 Å². The molecule has 0 spiro atoms. The van der Waals surface area contributed by atoms with Gasteiger partial charge in [0.25, 0.3) is 0 Å². The molecule has 0 aromatic heterocycles. The summed E-state index contributed by atoms with van der Waals surface area (Å²) in [4.78, 5) is 4.91. The van der Waals surface area contributed by atoms with E-state index in [-0.39, 0.29) is 0 Å². The standard InChI is InChI=1S/C46H50N2.C2H4/c1-7-9-17-39(8-2)47(40-18-13-11-14-19-40)44-31-26-37-25-30-42-45(32-27-38(24-23-35(44)5)46(42)36(37)6)48(41-28-21-33(3)22-29-41)43-20-15-10-12-16-34(43)4;1-2/h8-9,13,15,17-32H,7,10-12,14,16H2,1-6H3;1-2H2/b17-9-,24-23?,31-26?,35-23?,37-26?,38-24?,39-8+,44-31?,44-35?;. The number of allylic oxidation sites excluding steroid dienone is 9. The Hall–Kier alpha value is -5.08. The van der Waals surface area contributed by atoms with Gasteiger partial charge in [-0.2, -0.15) is 0 Å². The molecule has 0 heterocycles. The molecular formula is C48H54N2. The zero-order valence-electron chi connectivity index (χ0n) is 31.1. The van der Waals surface area contributed by atoms with Crippen LogP contribution in [-0.4, -0.2) is 0 Å². The van der Waals surface area contributed by atoms with Crippen molar-refractivity contribution < 1.29 is 0 Å². The zero-order chi connectivity index (χ0) is 35.6. The van der Waals surface area contributed by atoms with Crippen LogP contribution in [0.1, 0.15) is 76.0 Å². The Labute approximate surface area is 301 Å². The van der Waals surface area contributed by atoms with Crippen LogP contribution >= 0.6 is 0 Å². The first-order valence-electron chi connectivity index (χ1n) is 18.3. The van der Waals surface area contributed by atoms with E-state index < -0.39 is 0 Å². The molecule has 4 aromatic rings. The Bertz CT molecular complexity index is 2050. The summed E-state index contributed by atoms with van der Waals surface area (Å²) < 4.78 is 0. The number of hydrogen-bond donors (Lipinski definition) is 0. The summed E-state index contributed by atoms with van der Waals surface area (Å²) in [5.74, 6) is 0. The summed E-state index contributed by atoms with van der Waals surface area (Å²) in [6.45, 7) is 19.3. The highest BCUT2D eigenvalue weighted by Gasteiger charge is 2.21. The Kier molecular flexibility index (Phi) is 12.3. The highest BCUT2D eigenvalue weighted by atomic mass is 15.2. The molecular weight excluding hydrogens is 605 g/mol. The Morgan fingerprint density at radius 2 is 1.46 bits per heavy atom. The second kappa shape index (κ2) is 17.0. The number of hydrogen-bond acceptors (Lipinski definition) is 2. The molecule has 2 heteroatoms. The molecule has 0 fully saturated rings. The fraction of sp³-hybridized carbons (Fsp3) is 0.250. The van der Waals surface area contributed by atoms with Gasteiger partial charge in [0, 0.05) is 33.9 Å². The van der Waals surface area contributed by atoms with E-state index in [0.717, 1.165) is 32.1 Å². The van der Waals surface area contributed by atoms with Gasteiger partial charge < -0.3 is 9.80 Å². The third-order valence-corrected chi connectivity index (χ3v) is 9.79. The van der Waals surface area contributed by atoms with E-state index in [1.54, 1.807) is 0 Å². The van der Waals surface area contributed by atoms with E-state index in [1.807, 2.05) is 0 Å². The van der Waals surface area contributed by atoms with Crippen LogP contribution in [0.3, 0.4) is 0 Å². The maximum atomic E-state index is 3.00. The van der Waals surface area contributed by atoms with Crippen LogP contribution in [-0.2, 0) is 0 Å². The maximum Gasteiger partial charge on any atom is 0.0540 e. The third-order valence-electron chi connectivity index (χ3n) is 9.79. The molecule has 0 N–H and O–H groups in total. The summed E-state index contributed by atoms with van der Waals surface area (Å²) in [6, 6.07) is 27.6. The molecule has 50 heavy (non-hydrogen) atoms. The fourth-order valence-corrected chi connectivity index (χ4v) is 7.07. The number of nitrogens with zero attached hydrogens (tertiary/aromatic N) is 2. The molecule has 0 saturated heterocycles. The first-order chi connectivity index (χ1) is 24.4. The normalized spacial score (nSPS) is 14.8. The minimum absolute atomic E-state index is 1.00. The first-order valence-corrected chi connectivity index (χ1v) is 18.3. The van der Waals surface area contributed by atoms with E-state index in [1.165, 1.54) is 84.4 Å². The van der Waals surface area contributed by atoms with E-state index in [9.17, 15) is 0 Å². The van der Waals surface area contributed by atoms with Crippen LogP contribution in [0, 0.1) is 20.8 Å². The van der Waals surface area contributed by atoms with Crippen molar-refractivity contribution in [2.45, 2.75) is 80.1 Å². The van der Waals surface area contributed by atoms with Crippen LogP contribution in [0.25, 0.3) is 21.5 Å². The van der Waals surface area contributed by atoms with Gasteiger partial charge in [-0.3, -0.25) is 0 Å². The summed E-state index contributed by atoms with van der Waals surface area (Å²) in [6.07, 6.45) is 24.9. The smallest absolute Gasteiger partial charge is 0.0540 e. The lowest BCUT2D eigenvalue weighted by Crippen LogP contribution is -2.21. The average molecular weight is 659 g/mol. The van der Waals surface area contributed by atoms with Crippen LogP contribution in [0.15, 0.2) is 157 Å². The average Bonchev–Trinajstić information content (AvgIpc) is 3.36. The van der Waals surface area contributed by atoms with Crippen molar-refractivity contribution in [1.29, 1.82) is 0 Å². The lowest BCUT2D eigenvalue weighted by Gasteiger charge is -2.30. The van der Waals surface area contributed by atoms with Gasteiger partial charge in [0.15, 0.2) is 0 Å². The highest BCUT2D eigenvalue weighted by molar-refractivity contribution is 6.10. The summed E-state index contributed by atoms with van der Waals surface area (Å²) in [5.41, 5.74) is 12.5. The second-order valence-corrected chi connectivity index (χ2v) is 13.2. The van der Waals surface area contributed by atoms with Gasteiger partial charge in [0.2, 0.25) is 0 Å². The topological polar surface area (TPSA) is 6.48 Å². The van der Waals surface area contributed by atoms with Crippen LogP contribution < -0.4 is 9.80 Å². The number of benzene rings is 3. The third kappa shape index (κ3) is 7.71. The molecule has 0 amide bonds. The van der Waals surface area contributed by atoms with Gasteiger partial charge in [0.1, 0.15) is 0 Å². The maximum absolute atomic E-state index is 3.00. The van der Waals surface area contributed by atoms with Gasteiger partial charge in [0.05, 0.1) is 5.69 Å². The van der Waals surface area contributed by atoms with Crippen molar-refractivity contribution in [1.82, 2.24) is 0 Å². The molecule has 256 valence electrons. The summed E-state index contributed by atoms with van der Waals surface area (Å²) in [7, 11) is 0. The van der Waals surface area contributed by atoms with Gasteiger partial charge in [-0.05, 0) is 148 Å². The Balaban J connectivity index is 0.00000239. The van der Waals surface area contributed by atoms with Crippen molar-refractivity contribution in [3.63, 3.8) is 0 Å². The second-order valence-electron chi connectivity index (χ2n) is 13.2. The minimum Gasteiger partial charge on any atom is -0.311 e. The largest absolute Gasteiger partial charge is 0.311 e. The van der Waals surface area contributed by atoms with Crippen LogP contribution in [0.4, 0.5) is 17.1 Å². The van der Waals surface area contributed by atoms with Crippen molar-refractivity contribution in [3.8, 4) is 0 Å². The van der Waals surface area contributed by atoms with Crippen molar-refractivity contribution >= 4 is 38.6 Å².